The molecule has 1 unspecified atom stereocenters. The second kappa shape index (κ2) is 6.58. The molecule has 2 rings (SSSR count). The molecule has 2 heteroatoms. The van der Waals surface area contributed by atoms with Crippen LogP contribution in [0.15, 0.2) is 36.9 Å². The normalized spacial score (nSPS) is 20.1. The molecule has 0 radical (unpaired) electrons. The highest BCUT2D eigenvalue weighted by atomic mass is 16.7. The summed E-state index contributed by atoms with van der Waals surface area (Å²) in [6.45, 7) is 5.62. The van der Waals surface area contributed by atoms with Crippen LogP contribution < -0.4 is 0 Å². The van der Waals surface area contributed by atoms with Crippen LogP contribution in [0.3, 0.4) is 0 Å². The molecule has 1 atom stereocenters. The number of rotatable bonds is 5. The molecule has 0 saturated carbocycles. The molecule has 1 aromatic carbocycles. The molecule has 1 heterocycles. The first-order chi connectivity index (χ1) is 8.36. The smallest absolute Gasteiger partial charge is 0.157 e. The fraction of sp³-hybridized carbons (Fsp3) is 0.467. The van der Waals surface area contributed by atoms with Crippen molar-refractivity contribution in [3.8, 4) is 0 Å². The van der Waals surface area contributed by atoms with Crippen molar-refractivity contribution in [2.45, 2.75) is 32.0 Å². The minimum atomic E-state index is 0.00678. The van der Waals surface area contributed by atoms with Crippen molar-refractivity contribution in [3.05, 3.63) is 42.5 Å². The number of benzene rings is 1. The van der Waals surface area contributed by atoms with Gasteiger partial charge in [0.15, 0.2) is 6.29 Å². The molecule has 1 fully saturated rings. The van der Waals surface area contributed by atoms with Gasteiger partial charge in [0.05, 0.1) is 6.61 Å². The van der Waals surface area contributed by atoms with Crippen LogP contribution >= 0.6 is 0 Å². The highest BCUT2D eigenvalue weighted by Crippen LogP contribution is 2.18. The lowest BCUT2D eigenvalue weighted by molar-refractivity contribution is -0.161. The summed E-state index contributed by atoms with van der Waals surface area (Å²) in [5, 5.41) is 0. The van der Waals surface area contributed by atoms with Crippen molar-refractivity contribution in [3.63, 3.8) is 0 Å². The Kier molecular flexibility index (Phi) is 4.77. The molecule has 0 aromatic heterocycles. The van der Waals surface area contributed by atoms with Gasteiger partial charge < -0.3 is 9.47 Å². The van der Waals surface area contributed by atoms with Gasteiger partial charge in [-0.15, -0.1) is 0 Å². The Bertz CT molecular complexity index is 339. The van der Waals surface area contributed by atoms with Gasteiger partial charge >= 0.3 is 0 Å². The molecule has 0 aliphatic carbocycles. The van der Waals surface area contributed by atoms with Gasteiger partial charge in [0.1, 0.15) is 0 Å². The minimum Gasteiger partial charge on any atom is -0.353 e. The molecule has 0 bridgehead atoms. The predicted octanol–water partition coefficient (Wildman–Crippen LogP) is 3.63. The molecule has 0 spiro atoms. The van der Waals surface area contributed by atoms with E-state index in [0.29, 0.717) is 6.61 Å². The highest BCUT2D eigenvalue weighted by molar-refractivity contribution is 5.62. The van der Waals surface area contributed by atoms with Gasteiger partial charge in [-0.05, 0) is 36.8 Å². The summed E-state index contributed by atoms with van der Waals surface area (Å²) in [6.07, 6.45) is 4.27. The molecule has 0 amide bonds. The summed E-state index contributed by atoms with van der Waals surface area (Å²) in [4.78, 5) is 0. The molecular weight excluding hydrogens is 212 g/mol. The summed E-state index contributed by atoms with van der Waals surface area (Å²) in [7, 11) is 0. The summed E-state index contributed by atoms with van der Waals surface area (Å²) in [5.41, 5.74) is 2.32. The summed E-state index contributed by atoms with van der Waals surface area (Å²) in [5.74, 6) is 0. The topological polar surface area (TPSA) is 18.5 Å². The van der Waals surface area contributed by atoms with E-state index in [2.05, 4.69) is 18.7 Å². The van der Waals surface area contributed by atoms with Crippen LogP contribution in [0.1, 0.15) is 31.2 Å². The Morgan fingerprint density at radius 2 is 2.12 bits per heavy atom. The van der Waals surface area contributed by atoms with Gasteiger partial charge in [-0.3, -0.25) is 0 Å². The summed E-state index contributed by atoms with van der Waals surface area (Å²) in [6, 6.07) is 10.2. The lowest BCUT2D eigenvalue weighted by atomic mass is 10.1. The van der Waals surface area contributed by atoms with Crippen LogP contribution in [-0.2, 0) is 9.47 Å². The van der Waals surface area contributed by atoms with Gasteiger partial charge in [-0.25, -0.2) is 0 Å². The molecule has 1 aromatic rings. The second-order valence-corrected chi connectivity index (χ2v) is 4.39. The molecule has 1 aliphatic rings. The highest BCUT2D eigenvalue weighted by Gasteiger charge is 2.13. The average molecular weight is 232 g/mol. The first-order valence-electron chi connectivity index (χ1n) is 6.32. The average Bonchev–Trinajstić information content (AvgIpc) is 2.41. The van der Waals surface area contributed by atoms with E-state index in [1.165, 1.54) is 12.0 Å². The van der Waals surface area contributed by atoms with Crippen LogP contribution in [0.25, 0.3) is 5.57 Å². The Balaban J connectivity index is 1.69. The Hall–Kier alpha value is -1.12. The van der Waals surface area contributed by atoms with Crippen molar-refractivity contribution in [2.75, 3.05) is 13.2 Å². The molecule has 92 valence electrons. The summed E-state index contributed by atoms with van der Waals surface area (Å²) >= 11 is 0. The first-order valence-corrected chi connectivity index (χ1v) is 6.32. The number of hydrogen-bond acceptors (Lipinski definition) is 2. The third-order valence-electron chi connectivity index (χ3n) is 3.03. The van der Waals surface area contributed by atoms with Crippen molar-refractivity contribution in [2.24, 2.45) is 0 Å². The van der Waals surface area contributed by atoms with Gasteiger partial charge in [-0.1, -0.05) is 36.9 Å². The summed E-state index contributed by atoms with van der Waals surface area (Å²) < 4.78 is 11.2. The molecule has 1 aliphatic heterocycles. The maximum absolute atomic E-state index is 5.69. The van der Waals surface area contributed by atoms with Crippen LogP contribution in [0.5, 0.6) is 0 Å². The Morgan fingerprint density at radius 1 is 1.29 bits per heavy atom. The van der Waals surface area contributed by atoms with E-state index in [9.17, 15) is 0 Å². The van der Waals surface area contributed by atoms with Crippen molar-refractivity contribution < 1.29 is 9.47 Å². The Morgan fingerprint density at radius 3 is 2.82 bits per heavy atom. The van der Waals surface area contributed by atoms with Crippen molar-refractivity contribution in [1.82, 2.24) is 0 Å². The van der Waals surface area contributed by atoms with E-state index in [-0.39, 0.29) is 6.29 Å². The zero-order valence-corrected chi connectivity index (χ0v) is 10.2. The van der Waals surface area contributed by atoms with E-state index in [4.69, 9.17) is 9.47 Å². The number of ether oxygens (including phenoxy) is 2. The maximum Gasteiger partial charge on any atom is 0.157 e. The predicted molar refractivity (Wildman–Crippen MR) is 69.6 cm³/mol. The van der Waals surface area contributed by atoms with Crippen LogP contribution in [0.2, 0.25) is 0 Å². The van der Waals surface area contributed by atoms with E-state index in [1.807, 2.05) is 18.2 Å². The Labute approximate surface area is 103 Å². The molecular formula is C15H20O2. The van der Waals surface area contributed by atoms with Crippen LogP contribution in [-0.4, -0.2) is 19.5 Å². The SMILES string of the molecule is C=C(CCOC1CCCCO1)c1ccccc1. The van der Waals surface area contributed by atoms with Crippen LogP contribution in [0, 0.1) is 0 Å². The quantitative estimate of drug-likeness (QED) is 0.771. The fourth-order valence-corrected chi connectivity index (χ4v) is 1.97. The lowest BCUT2D eigenvalue weighted by Gasteiger charge is -2.22. The molecule has 17 heavy (non-hydrogen) atoms. The standard InChI is InChI=1S/C15H20O2/c1-13(14-7-3-2-4-8-14)10-12-17-15-9-5-6-11-16-15/h2-4,7-8,15H,1,5-6,9-12H2. The fourth-order valence-electron chi connectivity index (χ4n) is 1.97. The van der Waals surface area contributed by atoms with E-state index in [0.717, 1.165) is 31.4 Å². The van der Waals surface area contributed by atoms with E-state index < -0.39 is 0 Å². The van der Waals surface area contributed by atoms with Crippen LogP contribution in [0.4, 0.5) is 0 Å². The largest absolute Gasteiger partial charge is 0.353 e. The van der Waals surface area contributed by atoms with Gasteiger partial charge in [0, 0.05) is 6.61 Å². The molecule has 0 N–H and O–H groups in total. The molecule has 2 nitrogen and oxygen atoms in total. The van der Waals surface area contributed by atoms with Gasteiger partial charge in [0.25, 0.3) is 0 Å². The number of hydrogen-bond donors (Lipinski definition) is 0. The first kappa shape index (κ1) is 12.3. The van der Waals surface area contributed by atoms with E-state index >= 15 is 0 Å². The minimum absolute atomic E-state index is 0.00678. The lowest BCUT2D eigenvalue weighted by Crippen LogP contribution is -2.22. The van der Waals surface area contributed by atoms with E-state index in [1.54, 1.807) is 0 Å². The third kappa shape index (κ3) is 3.99. The monoisotopic (exact) mass is 232 g/mol. The second-order valence-electron chi connectivity index (χ2n) is 4.39. The zero-order chi connectivity index (χ0) is 11.9. The van der Waals surface area contributed by atoms with Crippen molar-refractivity contribution in [1.29, 1.82) is 0 Å². The zero-order valence-electron chi connectivity index (χ0n) is 10.2. The van der Waals surface area contributed by atoms with Gasteiger partial charge in [0.2, 0.25) is 0 Å². The maximum atomic E-state index is 5.69. The van der Waals surface area contributed by atoms with Gasteiger partial charge in [-0.2, -0.15) is 0 Å². The third-order valence-corrected chi connectivity index (χ3v) is 3.03. The molecule has 1 saturated heterocycles. The van der Waals surface area contributed by atoms with Crippen molar-refractivity contribution >= 4 is 5.57 Å².